The van der Waals surface area contributed by atoms with Crippen LogP contribution in [0.3, 0.4) is 0 Å². The van der Waals surface area contributed by atoms with Crippen LogP contribution in [0.5, 0.6) is 0 Å². The molecule has 98 valence electrons. The maximum Gasteiger partial charge on any atom is 0.247 e. The summed E-state index contributed by atoms with van der Waals surface area (Å²) in [6.45, 7) is 0. The lowest BCUT2D eigenvalue weighted by atomic mass is 10.1. The number of nitrogens with zero attached hydrogens (tertiary/aromatic N) is 2. The first-order chi connectivity index (χ1) is 9.00. The Morgan fingerprint density at radius 3 is 2.95 bits per heavy atom. The van der Waals surface area contributed by atoms with Crippen molar-refractivity contribution in [3.63, 3.8) is 0 Å². The Labute approximate surface area is 114 Å². The van der Waals surface area contributed by atoms with Gasteiger partial charge in [0, 0.05) is 16.6 Å². The molecule has 3 N–H and O–H groups in total. The van der Waals surface area contributed by atoms with E-state index in [0.717, 1.165) is 16.9 Å². The first-order valence-electron chi connectivity index (χ1n) is 5.19. The van der Waals surface area contributed by atoms with Crippen molar-refractivity contribution in [1.29, 1.82) is 5.26 Å². The normalized spacial score (nSPS) is 10.9. The van der Waals surface area contributed by atoms with Crippen molar-refractivity contribution >= 4 is 32.2 Å². The van der Waals surface area contributed by atoms with E-state index in [4.69, 9.17) is 11.0 Å². The number of rotatable bonds is 4. The standard InChI is InChI=1S/C11H10N4O2S2/c12-4-5-19(16,17)15-11-14-10(7-18-11)8-2-1-3-9(13)6-8/h1-3,6-7H,5,13H2,(H,14,15). The van der Waals surface area contributed by atoms with E-state index in [0.29, 0.717) is 11.4 Å². The van der Waals surface area contributed by atoms with Crippen molar-refractivity contribution in [2.75, 3.05) is 16.2 Å². The molecule has 0 saturated heterocycles. The van der Waals surface area contributed by atoms with E-state index in [9.17, 15) is 8.42 Å². The molecule has 0 atom stereocenters. The fraction of sp³-hybridized carbons (Fsp3) is 0.0909. The lowest BCUT2D eigenvalue weighted by Gasteiger charge is -2.00. The molecule has 8 heteroatoms. The van der Waals surface area contributed by atoms with Crippen LogP contribution in [-0.4, -0.2) is 19.2 Å². The minimum absolute atomic E-state index is 0.229. The third kappa shape index (κ3) is 3.43. The van der Waals surface area contributed by atoms with Crippen LogP contribution in [-0.2, 0) is 10.0 Å². The van der Waals surface area contributed by atoms with Gasteiger partial charge >= 0.3 is 0 Å². The predicted molar refractivity (Wildman–Crippen MR) is 75.0 cm³/mol. The summed E-state index contributed by atoms with van der Waals surface area (Å²) in [6, 6.07) is 8.72. The van der Waals surface area contributed by atoms with E-state index in [2.05, 4.69) is 9.71 Å². The number of hydrogen-bond donors (Lipinski definition) is 2. The molecule has 2 rings (SSSR count). The minimum atomic E-state index is -3.65. The molecule has 6 nitrogen and oxygen atoms in total. The number of hydrogen-bond acceptors (Lipinski definition) is 6. The average Bonchev–Trinajstić information content (AvgIpc) is 2.76. The second-order valence-corrected chi connectivity index (χ2v) is 6.26. The van der Waals surface area contributed by atoms with Gasteiger partial charge < -0.3 is 5.73 Å². The smallest absolute Gasteiger partial charge is 0.247 e. The molecule has 1 aromatic heterocycles. The van der Waals surface area contributed by atoms with Crippen LogP contribution in [0.15, 0.2) is 29.6 Å². The summed E-state index contributed by atoms with van der Waals surface area (Å²) >= 11 is 1.15. The van der Waals surface area contributed by atoms with E-state index < -0.39 is 15.8 Å². The Kier molecular flexibility index (Phi) is 3.69. The summed E-state index contributed by atoms with van der Waals surface area (Å²) in [5.74, 6) is -0.597. The van der Waals surface area contributed by atoms with Crippen molar-refractivity contribution in [3.8, 4) is 17.3 Å². The number of anilines is 2. The van der Waals surface area contributed by atoms with Gasteiger partial charge in [-0.15, -0.1) is 11.3 Å². The van der Waals surface area contributed by atoms with Crippen molar-refractivity contribution < 1.29 is 8.42 Å². The zero-order valence-electron chi connectivity index (χ0n) is 9.70. The Balaban J connectivity index is 2.23. The molecule has 0 saturated carbocycles. The number of thiazole rings is 1. The first kappa shape index (κ1) is 13.3. The maximum absolute atomic E-state index is 11.4. The second-order valence-electron chi connectivity index (χ2n) is 3.68. The minimum Gasteiger partial charge on any atom is -0.399 e. The third-order valence-corrected chi connectivity index (χ3v) is 4.08. The predicted octanol–water partition coefficient (Wildman–Crippen LogP) is 1.66. The number of nitriles is 1. The van der Waals surface area contributed by atoms with Gasteiger partial charge in [-0.1, -0.05) is 12.1 Å². The molecule has 0 aliphatic heterocycles. The molecule has 0 radical (unpaired) electrons. The van der Waals surface area contributed by atoms with E-state index in [1.807, 2.05) is 6.07 Å². The summed E-state index contributed by atoms with van der Waals surface area (Å²) < 4.78 is 25.1. The number of nitrogens with one attached hydrogen (secondary N) is 1. The quantitative estimate of drug-likeness (QED) is 0.833. The second kappa shape index (κ2) is 5.26. The van der Waals surface area contributed by atoms with Gasteiger partial charge in [0.15, 0.2) is 10.9 Å². The van der Waals surface area contributed by atoms with Gasteiger partial charge in [-0.25, -0.2) is 13.4 Å². The monoisotopic (exact) mass is 294 g/mol. The Morgan fingerprint density at radius 1 is 1.47 bits per heavy atom. The number of nitrogen functional groups attached to an aromatic ring is 1. The van der Waals surface area contributed by atoms with Crippen LogP contribution in [0, 0.1) is 11.3 Å². The van der Waals surface area contributed by atoms with E-state index in [1.54, 1.807) is 29.6 Å². The van der Waals surface area contributed by atoms with Gasteiger partial charge in [-0.2, -0.15) is 5.26 Å². The molecular formula is C11H10N4O2S2. The summed E-state index contributed by atoms with van der Waals surface area (Å²) in [6.07, 6.45) is 0. The number of aromatic nitrogens is 1. The van der Waals surface area contributed by atoms with Crippen LogP contribution in [0.4, 0.5) is 10.8 Å². The molecule has 0 fully saturated rings. The summed E-state index contributed by atoms with van der Waals surface area (Å²) in [5, 5.41) is 10.3. The van der Waals surface area contributed by atoms with Gasteiger partial charge in [-0.3, -0.25) is 4.72 Å². The highest BCUT2D eigenvalue weighted by atomic mass is 32.2. The lowest BCUT2D eigenvalue weighted by molar-refractivity contribution is 0.604. The fourth-order valence-electron chi connectivity index (χ4n) is 1.41. The maximum atomic E-state index is 11.4. The summed E-state index contributed by atoms with van der Waals surface area (Å²) in [5.41, 5.74) is 7.72. The molecule has 0 amide bonds. The molecule has 1 heterocycles. The fourth-order valence-corrected chi connectivity index (χ4v) is 3.10. The molecule has 2 aromatic rings. The van der Waals surface area contributed by atoms with Crippen LogP contribution in [0.1, 0.15) is 0 Å². The molecule has 0 bridgehead atoms. The Bertz CT molecular complexity index is 731. The van der Waals surface area contributed by atoms with E-state index in [-0.39, 0.29) is 5.13 Å². The van der Waals surface area contributed by atoms with Crippen molar-refractivity contribution in [3.05, 3.63) is 29.6 Å². The zero-order chi connectivity index (χ0) is 13.9. The number of sulfonamides is 1. The van der Waals surface area contributed by atoms with Crippen LogP contribution in [0.25, 0.3) is 11.3 Å². The number of nitrogens with two attached hydrogens (primary N) is 1. The van der Waals surface area contributed by atoms with Crippen LogP contribution in [0.2, 0.25) is 0 Å². The van der Waals surface area contributed by atoms with Gasteiger partial charge in [0.25, 0.3) is 0 Å². The lowest BCUT2D eigenvalue weighted by Crippen LogP contribution is -2.15. The molecule has 0 aliphatic carbocycles. The molecule has 0 unspecified atom stereocenters. The Hall–Kier alpha value is -2.11. The molecule has 0 spiro atoms. The molecular weight excluding hydrogens is 284 g/mol. The van der Waals surface area contributed by atoms with Crippen LogP contribution < -0.4 is 10.5 Å². The molecule has 1 aromatic carbocycles. The third-order valence-electron chi connectivity index (χ3n) is 2.18. The zero-order valence-corrected chi connectivity index (χ0v) is 11.3. The topological polar surface area (TPSA) is 109 Å². The van der Waals surface area contributed by atoms with Crippen molar-refractivity contribution in [2.24, 2.45) is 0 Å². The first-order valence-corrected chi connectivity index (χ1v) is 7.72. The SMILES string of the molecule is N#CCS(=O)(=O)Nc1nc(-c2cccc(N)c2)cs1. The highest BCUT2D eigenvalue weighted by Crippen LogP contribution is 2.26. The van der Waals surface area contributed by atoms with E-state index >= 15 is 0 Å². The largest absolute Gasteiger partial charge is 0.399 e. The summed E-state index contributed by atoms with van der Waals surface area (Å²) in [4.78, 5) is 4.15. The van der Waals surface area contributed by atoms with E-state index in [1.165, 1.54) is 0 Å². The van der Waals surface area contributed by atoms with Gasteiger partial charge in [0.05, 0.1) is 11.8 Å². The van der Waals surface area contributed by atoms with Gasteiger partial charge in [-0.05, 0) is 12.1 Å². The number of benzene rings is 1. The van der Waals surface area contributed by atoms with Crippen LogP contribution >= 0.6 is 11.3 Å². The molecule has 19 heavy (non-hydrogen) atoms. The van der Waals surface area contributed by atoms with Crippen molar-refractivity contribution in [1.82, 2.24) is 4.98 Å². The highest BCUT2D eigenvalue weighted by molar-refractivity contribution is 7.93. The Morgan fingerprint density at radius 2 is 2.26 bits per heavy atom. The van der Waals surface area contributed by atoms with Crippen molar-refractivity contribution in [2.45, 2.75) is 0 Å². The summed E-state index contributed by atoms with van der Waals surface area (Å²) in [7, 11) is -3.65. The van der Waals surface area contributed by atoms with Gasteiger partial charge in [0.1, 0.15) is 0 Å². The average molecular weight is 294 g/mol. The molecule has 0 aliphatic rings. The van der Waals surface area contributed by atoms with Gasteiger partial charge in [0.2, 0.25) is 10.0 Å². The highest BCUT2D eigenvalue weighted by Gasteiger charge is 2.12.